The van der Waals surface area contributed by atoms with Crippen molar-refractivity contribution in [2.75, 3.05) is 5.32 Å². The Balaban J connectivity index is 1.41. The molecule has 0 atom stereocenters. The molecule has 226 valence electrons. The molecule has 9 aromatic rings. The van der Waals surface area contributed by atoms with Crippen molar-refractivity contribution in [3.8, 4) is 28.5 Å². The summed E-state index contributed by atoms with van der Waals surface area (Å²) >= 11 is 0. The number of nitrogens with one attached hydrogen (secondary N) is 2. The molecule has 0 saturated heterocycles. The summed E-state index contributed by atoms with van der Waals surface area (Å²) in [6.45, 7) is 0. The van der Waals surface area contributed by atoms with Gasteiger partial charge >= 0.3 is 0 Å². The molecule has 5 heteroatoms. The summed E-state index contributed by atoms with van der Waals surface area (Å²) in [5.74, 6) is 0.579. The number of anilines is 2. The van der Waals surface area contributed by atoms with Crippen molar-refractivity contribution in [2.45, 2.75) is 0 Å². The second-order valence-corrected chi connectivity index (χ2v) is 11.9. The molecule has 0 fully saturated rings. The highest BCUT2D eigenvalue weighted by Gasteiger charge is 2.22. The predicted octanol–water partition coefficient (Wildman–Crippen LogP) is 11.0. The Morgan fingerprint density at radius 3 is 1.79 bits per heavy atom. The molecule has 0 unspecified atom stereocenters. The lowest BCUT2D eigenvalue weighted by atomic mass is 9.96. The second-order valence-electron chi connectivity index (χ2n) is 11.9. The maximum absolute atomic E-state index is 8.75. The lowest BCUT2D eigenvalue weighted by Crippen LogP contribution is -2.04. The number of nitrogens with zero attached hydrogens (tertiary/aromatic N) is 3. The van der Waals surface area contributed by atoms with E-state index in [0.717, 1.165) is 66.6 Å². The van der Waals surface area contributed by atoms with Gasteiger partial charge in [0.15, 0.2) is 0 Å². The molecule has 0 amide bonds. The summed E-state index contributed by atoms with van der Waals surface area (Å²) in [4.78, 5) is 10.5. The summed E-state index contributed by atoms with van der Waals surface area (Å²) < 4.78 is 2.16. The van der Waals surface area contributed by atoms with Gasteiger partial charge in [-0.15, -0.1) is 0 Å². The van der Waals surface area contributed by atoms with Crippen molar-refractivity contribution in [1.82, 2.24) is 14.5 Å². The van der Waals surface area contributed by atoms with Gasteiger partial charge in [0.1, 0.15) is 0 Å². The maximum Gasteiger partial charge on any atom is 0.235 e. The van der Waals surface area contributed by atoms with Gasteiger partial charge in [-0.3, -0.25) is 4.57 Å². The van der Waals surface area contributed by atoms with E-state index in [2.05, 4.69) is 101 Å². The number of fused-ring (bicyclic) bond motifs is 7. The van der Waals surface area contributed by atoms with E-state index >= 15 is 0 Å². The van der Waals surface area contributed by atoms with Crippen LogP contribution in [0.25, 0.3) is 71.8 Å². The molecule has 0 aliphatic heterocycles. The van der Waals surface area contributed by atoms with Gasteiger partial charge in [-0.05, 0) is 57.9 Å². The molecule has 2 heterocycles. The molecule has 2 N–H and O–H groups in total. The Labute approximate surface area is 277 Å². The van der Waals surface area contributed by atoms with Crippen LogP contribution in [0.4, 0.5) is 11.4 Å². The molecule has 0 saturated carbocycles. The van der Waals surface area contributed by atoms with Crippen molar-refractivity contribution in [1.29, 1.82) is 5.41 Å². The molecule has 0 aliphatic rings. The zero-order valence-electron chi connectivity index (χ0n) is 25.9. The van der Waals surface area contributed by atoms with E-state index in [1.807, 2.05) is 66.7 Å². The average Bonchev–Trinajstić information content (AvgIpc) is 3.50. The normalized spacial score (nSPS) is 11.4. The minimum atomic E-state index is 0.579. The third kappa shape index (κ3) is 4.52. The van der Waals surface area contributed by atoms with Crippen LogP contribution in [0.1, 0.15) is 5.56 Å². The van der Waals surface area contributed by atoms with Crippen LogP contribution in [-0.4, -0.2) is 20.7 Å². The molecule has 0 spiro atoms. The molecular formula is C43H29N5. The number of hydrogen-bond donors (Lipinski definition) is 2. The Bertz CT molecular complexity index is 2590. The minimum absolute atomic E-state index is 0.579. The van der Waals surface area contributed by atoms with E-state index in [1.54, 1.807) is 0 Å². The minimum Gasteiger partial charge on any atom is -0.355 e. The van der Waals surface area contributed by atoms with Gasteiger partial charge in [-0.1, -0.05) is 121 Å². The van der Waals surface area contributed by atoms with Crippen LogP contribution < -0.4 is 5.32 Å². The first-order chi connectivity index (χ1) is 23.8. The third-order valence-electron chi connectivity index (χ3n) is 9.11. The first-order valence-corrected chi connectivity index (χ1v) is 16.0. The fourth-order valence-corrected chi connectivity index (χ4v) is 6.91. The van der Waals surface area contributed by atoms with E-state index in [-0.39, 0.29) is 0 Å². The van der Waals surface area contributed by atoms with Crippen LogP contribution in [-0.2, 0) is 0 Å². The fraction of sp³-hybridized carbons (Fsp3) is 0. The summed E-state index contributed by atoms with van der Waals surface area (Å²) in [6, 6.07) is 54.2. The fourth-order valence-electron chi connectivity index (χ4n) is 6.91. The van der Waals surface area contributed by atoms with Crippen molar-refractivity contribution in [2.24, 2.45) is 0 Å². The van der Waals surface area contributed by atoms with E-state index in [1.165, 1.54) is 22.4 Å². The molecular weight excluding hydrogens is 587 g/mol. The summed E-state index contributed by atoms with van der Waals surface area (Å²) in [7, 11) is 0. The Morgan fingerprint density at radius 1 is 0.521 bits per heavy atom. The third-order valence-corrected chi connectivity index (χ3v) is 9.11. The number of rotatable bonds is 6. The van der Waals surface area contributed by atoms with Crippen LogP contribution in [0.3, 0.4) is 0 Å². The topological polar surface area (TPSA) is 66.6 Å². The zero-order valence-corrected chi connectivity index (χ0v) is 25.9. The molecule has 9 rings (SSSR count). The molecule has 0 bridgehead atoms. The van der Waals surface area contributed by atoms with Crippen molar-refractivity contribution in [3.63, 3.8) is 0 Å². The van der Waals surface area contributed by atoms with Gasteiger partial charge in [0, 0.05) is 45.1 Å². The highest BCUT2D eigenvalue weighted by Crippen LogP contribution is 2.42. The molecule has 5 nitrogen and oxygen atoms in total. The van der Waals surface area contributed by atoms with E-state index in [0.29, 0.717) is 5.95 Å². The molecule has 2 aromatic heterocycles. The number of benzene rings is 7. The van der Waals surface area contributed by atoms with Crippen molar-refractivity contribution in [3.05, 3.63) is 163 Å². The summed E-state index contributed by atoms with van der Waals surface area (Å²) in [6.07, 6.45) is 1.47. The summed E-state index contributed by atoms with van der Waals surface area (Å²) in [5, 5.41) is 19.1. The molecule has 0 aliphatic carbocycles. The Kier molecular flexibility index (Phi) is 6.54. The summed E-state index contributed by atoms with van der Waals surface area (Å²) in [5.41, 5.74) is 8.28. The SMILES string of the molecule is N=Cc1c(Nc2ccccc2)ccc2c1c1c3ccc4ccccc4c3ccc1n2-c1nc(-c2ccccc2)cc(-c2ccccc2)n1. The first kappa shape index (κ1) is 27.7. The van der Waals surface area contributed by atoms with Crippen LogP contribution >= 0.6 is 0 Å². The lowest BCUT2D eigenvalue weighted by Gasteiger charge is -2.13. The lowest BCUT2D eigenvalue weighted by molar-refractivity contribution is 0.996. The highest BCUT2D eigenvalue weighted by molar-refractivity contribution is 6.28. The predicted molar refractivity (Wildman–Crippen MR) is 200 cm³/mol. The van der Waals surface area contributed by atoms with Gasteiger partial charge < -0.3 is 10.7 Å². The highest BCUT2D eigenvalue weighted by atomic mass is 15.2. The van der Waals surface area contributed by atoms with Gasteiger partial charge in [0.25, 0.3) is 0 Å². The number of aromatic nitrogens is 3. The quantitative estimate of drug-likeness (QED) is 0.144. The van der Waals surface area contributed by atoms with Gasteiger partial charge in [0.2, 0.25) is 5.95 Å². The van der Waals surface area contributed by atoms with Gasteiger partial charge in [-0.25, -0.2) is 9.97 Å². The van der Waals surface area contributed by atoms with E-state index in [9.17, 15) is 0 Å². The van der Waals surface area contributed by atoms with E-state index in [4.69, 9.17) is 15.4 Å². The number of hydrogen-bond acceptors (Lipinski definition) is 4. The van der Waals surface area contributed by atoms with E-state index < -0.39 is 0 Å². The van der Waals surface area contributed by atoms with Crippen molar-refractivity contribution >= 4 is 60.9 Å². The van der Waals surface area contributed by atoms with Gasteiger partial charge in [0.05, 0.1) is 22.4 Å². The van der Waals surface area contributed by atoms with Gasteiger partial charge in [-0.2, -0.15) is 0 Å². The van der Waals surface area contributed by atoms with Crippen LogP contribution in [0.2, 0.25) is 0 Å². The maximum atomic E-state index is 8.75. The second kappa shape index (κ2) is 11.3. The first-order valence-electron chi connectivity index (χ1n) is 16.0. The molecule has 7 aromatic carbocycles. The standard InChI is InChI=1S/C43H29N5/c44-27-35-36(45-31-17-8-3-9-18-31)23-25-40-42(35)41-34-21-20-28-12-10-11-19-32(28)33(34)22-24-39(41)48(40)43-46-37(29-13-4-1-5-14-29)26-38(47-43)30-15-6-2-7-16-30/h1-27,44-45H. The molecule has 0 radical (unpaired) electrons. The van der Waals surface area contributed by atoms with Crippen molar-refractivity contribution < 1.29 is 0 Å². The monoisotopic (exact) mass is 615 g/mol. The van der Waals surface area contributed by atoms with Crippen LogP contribution in [0.5, 0.6) is 0 Å². The largest absolute Gasteiger partial charge is 0.355 e. The Hall–Kier alpha value is -6.59. The van der Waals surface area contributed by atoms with Crippen LogP contribution in [0, 0.1) is 5.41 Å². The Morgan fingerprint density at radius 2 is 1.10 bits per heavy atom. The smallest absolute Gasteiger partial charge is 0.235 e. The number of para-hydroxylation sites is 1. The molecule has 48 heavy (non-hydrogen) atoms. The zero-order chi connectivity index (χ0) is 32.0. The average molecular weight is 616 g/mol. The van der Waals surface area contributed by atoms with Crippen LogP contribution in [0.15, 0.2) is 158 Å².